The quantitative estimate of drug-likeness (QED) is 0.567. The lowest BCUT2D eigenvalue weighted by molar-refractivity contribution is 0.0620. The number of nitrogens with zero attached hydrogens (tertiary/aromatic N) is 2. The number of piperidine rings is 1. The molecule has 1 aliphatic heterocycles. The van der Waals surface area contributed by atoms with E-state index in [4.69, 9.17) is 5.11 Å². The Morgan fingerprint density at radius 3 is 2.25 bits per heavy atom. The molecule has 32 heavy (non-hydrogen) atoms. The largest absolute Gasteiger partial charge is 0.478 e. The molecule has 0 amide bonds. The Labute approximate surface area is 189 Å². The van der Waals surface area contributed by atoms with Crippen LogP contribution >= 0.6 is 0 Å². The van der Waals surface area contributed by atoms with Crippen LogP contribution in [0.2, 0.25) is 0 Å². The predicted octanol–water partition coefficient (Wildman–Crippen LogP) is 4.18. The molecule has 3 unspecified atom stereocenters. The van der Waals surface area contributed by atoms with Gasteiger partial charge in [0.25, 0.3) is 0 Å². The van der Waals surface area contributed by atoms with Gasteiger partial charge in [-0.2, -0.15) is 0 Å². The Hall–Kier alpha value is -2.96. The van der Waals surface area contributed by atoms with Gasteiger partial charge in [-0.1, -0.05) is 50.2 Å². The lowest BCUT2D eigenvalue weighted by Crippen LogP contribution is -2.43. The maximum atomic E-state index is 11.2. The zero-order valence-corrected chi connectivity index (χ0v) is 18.7. The molecule has 1 saturated heterocycles. The first kappa shape index (κ1) is 23.7. The molecule has 0 spiro atoms. The maximum absolute atomic E-state index is 11.2. The third-order valence-corrected chi connectivity index (χ3v) is 5.79. The normalized spacial score (nSPS) is 19.7. The monoisotopic (exact) mass is 436 g/mol. The molecule has 4 rings (SSSR count). The second kappa shape index (κ2) is 11.1. The van der Waals surface area contributed by atoms with Crippen molar-refractivity contribution in [2.45, 2.75) is 32.9 Å². The molecule has 6 nitrogen and oxygen atoms in total. The molecule has 3 aromatic rings. The fourth-order valence-electron chi connectivity index (χ4n) is 4.62. The van der Waals surface area contributed by atoms with Crippen LogP contribution in [0.15, 0.2) is 60.8 Å². The highest BCUT2D eigenvalue weighted by Crippen LogP contribution is 2.23. The van der Waals surface area contributed by atoms with Crippen molar-refractivity contribution in [2.75, 3.05) is 19.6 Å². The number of β-amino-alcohol motifs (C(OH)–C–C–N with tert-alkyl or cyclic N) is 1. The summed E-state index contributed by atoms with van der Waals surface area (Å²) >= 11 is 0. The Morgan fingerprint density at radius 2 is 1.66 bits per heavy atom. The van der Waals surface area contributed by atoms with Crippen LogP contribution in [0.25, 0.3) is 10.9 Å². The molecular formula is C26H32N2O4. The maximum Gasteiger partial charge on any atom is 0.335 e. The van der Waals surface area contributed by atoms with Crippen molar-refractivity contribution >= 4 is 23.2 Å². The molecule has 3 atom stereocenters. The zero-order chi connectivity index (χ0) is 23.1. The van der Waals surface area contributed by atoms with Crippen LogP contribution in [0.4, 0.5) is 0 Å². The van der Waals surface area contributed by atoms with E-state index in [1.807, 2.05) is 35.0 Å². The van der Waals surface area contributed by atoms with E-state index in [0.29, 0.717) is 36.1 Å². The molecular weight excluding hydrogens is 404 g/mol. The van der Waals surface area contributed by atoms with Crippen molar-refractivity contribution in [1.29, 1.82) is 0 Å². The number of hydrogen-bond acceptors (Lipinski definition) is 4. The van der Waals surface area contributed by atoms with Crippen LogP contribution in [-0.2, 0) is 6.54 Å². The Kier molecular flexibility index (Phi) is 8.20. The Bertz CT molecular complexity index is 1020. The second-order valence-electron chi connectivity index (χ2n) is 8.86. The lowest BCUT2D eigenvalue weighted by atomic mass is 9.92. The van der Waals surface area contributed by atoms with Gasteiger partial charge in [-0.15, -0.1) is 0 Å². The smallest absolute Gasteiger partial charge is 0.335 e. The van der Waals surface area contributed by atoms with E-state index in [1.165, 1.54) is 6.42 Å². The summed E-state index contributed by atoms with van der Waals surface area (Å²) in [5.41, 5.74) is 2.03. The number of fused-ring (bicyclic) bond motifs is 1. The number of aliphatic hydroxyl groups excluding tert-OH is 1. The topological polar surface area (TPSA) is 82.8 Å². The molecule has 0 aliphatic carbocycles. The minimum Gasteiger partial charge on any atom is -0.478 e. The number of rotatable bonds is 6. The van der Waals surface area contributed by atoms with Crippen LogP contribution < -0.4 is 0 Å². The van der Waals surface area contributed by atoms with Crippen molar-refractivity contribution in [1.82, 2.24) is 9.47 Å². The first-order valence-corrected chi connectivity index (χ1v) is 11.1. The fourth-order valence-corrected chi connectivity index (χ4v) is 4.62. The van der Waals surface area contributed by atoms with Crippen LogP contribution in [0, 0.1) is 11.8 Å². The van der Waals surface area contributed by atoms with E-state index >= 15 is 0 Å². The van der Waals surface area contributed by atoms with Crippen LogP contribution in [0.3, 0.4) is 0 Å². The molecule has 2 heterocycles. The summed E-state index contributed by atoms with van der Waals surface area (Å²) in [6.45, 7) is 7.90. The molecule has 0 saturated carbocycles. The van der Waals surface area contributed by atoms with Gasteiger partial charge in [-0.05, 0) is 36.5 Å². The van der Waals surface area contributed by atoms with Gasteiger partial charge in [-0.3, -0.25) is 4.79 Å². The van der Waals surface area contributed by atoms with E-state index in [2.05, 4.69) is 18.7 Å². The number of carbonyl (C=O) groups excluding carboxylic acids is 1. The van der Waals surface area contributed by atoms with Gasteiger partial charge in [-0.25, -0.2) is 4.79 Å². The average molecular weight is 437 g/mol. The molecule has 2 aromatic carbocycles. The first-order chi connectivity index (χ1) is 15.4. The van der Waals surface area contributed by atoms with E-state index in [1.54, 1.807) is 30.3 Å². The van der Waals surface area contributed by atoms with Crippen molar-refractivity contribution in [3.63, 3.8) is 0 Å². The number of para-hydroxylation sites is 1. The van der Waals surface area contributed by atoms with Crippen molar-refractivity contribution in [3.8, 4) is 0 Å². The van der Waals surface area contributed by atoms with Gasteiger partial charge in [0.1, 0.15) is 0 Å². The average Bonchev–Trinajstić information content (AvgIpc) is 3.11. The fraction of sp³-hybridized carbons (Fsp3) is 0.385. The van der Waals surface area contributed by atoms with E-state index in [9.17, 15) is 14.7 Å². The van der Waals surface area contributed by atoms with Gasteiger partial charge >= 0.3 is 5.97 Å². The number of aldehydes is 1. The summed E-state index contributed by atoms with van der Waals surface area (Å²) in [6, 6.07) is 16.2. The molecule has 1 fully saturated rings. The molecule has 0 radical (unpaired) electrons. The Morgan fingerprint density at radius 1 is 1.03 bits per heavy atom. The van der Waals surface area contributed by atoms with Crippen LogP contribution in [0.1, 0.15) is 41.0 Å². The molecule has 0 bridgehead atoms. The van der Waals surface area contributed by atoms with Crippen LogP contribution in [-0.4, -0.2) is 57.7 Å². The van der Waals surface area contributed by atoms with Gasteiger partial charge in [0.05, 0.1) is 11.7 Å². The number of carbonyl (C=O) groups is 2. The van der Waals surface area contributed by atoms with Gasteiger partial charge in [0.2, 0.25) is 0 Å². The standard InChI is InChI=1S/C19H26N2O2.C7H6O2/c1-14-7-15(2)9-20(8-14)11-17(23)12-21-10-16(13-22)18-5-3-4-6-19(18)21;8-7(9)6-4-2-1-3-5-6/h3-6,10,13-15,17,23H,7-9,11-12H2,1-2H3;1-5H,(H,8,9). The number of benzene rings is 2. The number of carboxylic acid groups (broad SMARTS) is 1. The highest BCUT2D eigenvalue weighted by atomic mass is 16.4. The first-order valence-electron chi connectivity index (χ1n) is 11.1. The van der Waals surface area contributed by atoms with E-state index in [-0.39, 0.29) is 0 Å². The number of likely N-dealkylation sites (tertiary alicyclic amines) is 1. The molecule has 6 heteroatoms. The third kappa shape index (κ3) is 6.28. The van der Waals surface area contributed by atoms with Crippen molar-refractivity contribution < 1.29 is 19.8 Å². The molecule has 1 aliphatic rings. The van der Waals surface area contributed by atoms with E-state index < -0.39 is 12.1 Å². The number of aromatic carboxylic acids is 1. The number of carboxylic acids is 1. The number of aromatic nitrogens is 1. The molecule has 2 N–H and O–H groups in total. The van der Waals surface area contributed by atoms with Gasteiger partial charge < -0.3 is 19.7 Å². The van der Waals surface area contributed by atoms with Gasteiger partial charge in [0, 0.05) is 48.8 Å². The number of aliphatic hydroxyl groups is 1. The lowest BCUT2D eigenvalue weighted by Gasteiger charge is -2.36. The highest BCUT2D eigenvalue weighted by Gasteiger charge is 2.23. The van der Waals surface area contributed by atoms with E-state index in [0.717, 1.165) is 30.3 Å². The van der Waals surface area contributed by atoms with Gasteiger partial charge in [0.15, 0.2) is 6.29 Å². The summed E-state index contributed by atoms with van der Waals surface area (Å²) in [5, 5.41) is 19.9. The summed E-state index contributed by atoms with van der Waals surface area (Å²) in [7, 11) is 0. The third-order valence-electron chi connectivity index (χ3n) is 5.79. The minimum atomic E-state index is -0.879. The van der Waals surface area contributed by atoms with Crippen LogP contribution in [0.5, 0.6) is 0 Å². The SMILES string of the molecule is CC1CC(C)CN(CC(O)Cn2cc(C=O)c3ccccc32)C1.O=C(O)c1ccccc1. The molecule has 170 valence electrons. The summed E-state index contributed by atoms with van der Waals surface area (Å²) < 4.78 is 2.00. The highest BCUT2D eigenvalue weighted by molar-refractivity contribution is 5.97. The number of hydrogen-bond donors (Lipinski definition) is 2. The Balaban J connectivity index is 0.000000269. The predicted molar refractivity (Wildman–Crippen MR) is 126 cm³/mol. The summed E-state index contributed by atoms with van der Waals surface area (Å²) in [6.07, 6.45) is 3.59. The zero-order valence-electron chi connectivity index (χ0n) is 18.7. The summed E-state index contributed by atoms with van der Waals surface area (Å²) in [5.74, 6) is 0.510. The van der Waals surface area contributed by atoms with Crippen molar-refractivity contribution in [2.24, 2.45) is 11.8 Å². The molecule has 1 aromatic heterocycles. The minimum absolute atomic E-state index is 0.331. The second-order valence-corrected chi connectivity index (χ2v) is 8.86. The van der Waals surface area contributed by atoms with Crippen molar-refractivity contribution in [3.05, 3.63) is 71.9 Å². The summed E-state index contributed by atoms with van der Waals surface area (Å²) in [4.78, 5) is 23.8.